The van der Waals surface area contributed by atoms with Gasteiger partial charge in [-0.05, 0) is 31.7 Å². The lowest BCUT2D eigenvalue weighted by Crippen LogP contribution is -2.44. The van der Waals surface area contributed by atoms with Crippen LogP contribution in [-0.4, -0.2) is 43.4 Å². The number of carbonyl (C=O) groups is 1. The average molecular weight is 316 g/mol. The van der Waals surface area contributed by atoms with Gasteiger partial charge in [0.15, 0.2) is 5.82 Å². The molecule has 0 radical (unpaired) electrons. The number of carbonyl (C=O) groups excluding carboxylic acids is 1. The van der Waals surface area contributed by atoms with Crippen LogP contribution in [-0.2, 0) is 13.1 Å². The zero-order chi connectivity index (χ0) is 15.6. The van der Waals surface area contributed by atoms with Crippen molar-refractivity contribution in [1.82, 2.24) is 30.1 Å². The van der Waals surface area contributed by atoms with Crippen molar-refractivity contribution in [2.75, 3.05) is 6.54 Å². The lowest BCUT2D eigenvalue weighted by Gasteiger charge is -2.24. The van der Waals surface area contributed by atoms with Crippen molar-refractivity contribution in [3.63, 3.8) is 0 Å². The maximum Gasteiger partial charge on any atom is 0.318 e. The summed E-state index contributed by atoms with van der Waals surface area (Å²) >= 11 is 0. The molecule has 1 aliphatic heterocycles. The van der Waals surface area contributed by atoms with Crippen molar-refractivity contribution in [2.24, 2.45) is 0 Å². The summed E-state index contributed by atoms with van der Waals surface area (Å²) in [5, 5.41) is 11.1. The van der Waals surface area contributed by atoms with E-state index in [4.69, 9.17) is 4.52 Å². The molecular formula is C15H20N6O2. The highest BCUT2D eigenvalue weighted by Crippen LogP contribution is 2.38. The van der Waals surface area contributed by atoms with Crippen LogP contribution >= 0.6 is 0 Å². The summed E-state index contributed by atoms with van der Waals surface area (Å²) in [5.74, 6) is 1.70. The fourth-order valence-corrected chi connectivity index (χ4v) is 3.02. The monoisotopic (exact) mass is 316 g/mol. The van der Waals surface area contributed by atoms with E-state index in [1.807, 2.05) is 21.8 Å². The molecule has 122 valence electrons. The molecule has 1 aliphatic carbocycles. The summed E-state index contributed by atoms with van der Waals surface area (Å²) in [6.45, 7) is 1.78. The fourth-order valence-electron chi connectivity index (χ4n) is 3.02. The molecule has 0 aromatic carbocycles. The van der Waals surface area contributed by atoms with Crippen LogP contribution in [0.3, 0.4) is 0 Å². The lowest BCUT2D eigenvalue weighted by atomic mass is 10.2. The largest absolute Gasteiger partial charge is 0.337 e. The Kier molecular flexibility index (Phi) is 3.72. The van der Waals surface area contributed by atoms with Gasteiger partial charge in [0.05, 0.1) is 19.1 Å². The molecule has 8 heteroatoms. The van der Waals surface area contributed by atoms with Gasteiger partial charge in [0.2, 0.25) is 5.89 Å². The molecule has 1 unspecified atom stereocenters. The Morgan fingerprint density at radius 3 is 3.09 bits per heavy atom. The van der Waals surface area contributed by atoms with Gasteiger partial charge in [-0.15, -0.1) is 0 Å². The number of aromatic nitrogens is 4. The smallest absolute Gasteiger partial charge is 0.318 e. The highest BCUT2D eigenvalue weighted by molar-refractivity contribution is 5.74. The number of nitrogens with one attached hydrogen (secondary N) is 1. The van der Waals surface area contributed by atoms with Crippen molar-refractivity contribution in [3.8, 4) is 0 Å². The number of hydrogen-bond acceptors (Lipinski definition) is 5. The van der Waals surface area contributed by atoms with Crippen LogP contribution in [0.5, 0.6) is 0 Å². The van der Waals surface area contributed by atoms with E-state index in [1.54, 1.807) is 6.20 Å². The normalized spacial score (nSPS) is 20.9. The van der Waals surface area contributed by atoms with Crippen molar-refractivity contribution < 1.29 is 9.32 Å². The lowest BCUT2D eigenvalue weighted by molar-refractivity contribution is 0.184. The molecule has 1 N–H and O–H groups in total. The molecule has 8 nitrogen and oxygen atoms in total. The van der Waals surface area contributed by atoms with Gasteiger partial charge in [-0.1, -0.05) is 5.16 Å². The summed E-state index contributed by atoms with van der Waals surface area (Å²) in [7, 11) is 0. The number of nitrogens with zero attached hydrogens (tertiary/aromatic N) is 5. The third-order valence-corrected chi connectivity index (χ3v) is 4.41. The van der Waals surface area contributed by atoms with Gasteiger partial charge in [0.25, 0.3) is 0 Å². The van der Waals surface area contributed by atoms with Crippen LogP contribution in [0.15, 0.2) is 23.0 Å². The Hall–Kier alpha value is -2.38. The van der Waals surface area contributed by atoms with E-state index in [-0.39, 0.29) is 18.6 Å². The standard InChI is InChI=1S/C15H20N6O2/c22-15(16-9-13-18-14(19-23-13)11-4-5-11)21-8-1-3-12(21)10-20-7-2-6-17-20/h2,6-7,11-12H,1,3-5,8-10H2,(H,16,22). The Balaban J connectivity index is 1.32. The van der Waals surface area contributed by atoms with Crippen molar-refractivity contribution >= 4 is 6.03 Å². The molecule has 2 aromatic heterocycles. The molecule has 3 heterocycles. The quantitative estimate of drug-likeness (QED) is 0.903. The van der Waals surface area contributed by atoms with Gasteiger partial charge in [0.1, 0.15) is 0 Å². The van der Waals surface area contributed by atoms with Crippen LogP contribution < -0.4 is 5.32 Å². The number of amides is 2. The van der Waals surface area contributed by atoms with E-state index >= 15 is 0 Å². The van der Waals surface area contributed by atoms with E-state index in [0.717, 1.165) is 44.6 Å². The van der Waals surface area contributed by atoms with Crippen LogP contribution in [0, 0.1) is 0 Å². The summed E-state index contributed by atoms with van der Waals surface area (Å²) in [6.07, 6.45) is 7.96. The first kappa shape index (κ1) is 14.2. The Morgan fingerprint density at radius 2 is 2.30 bits per heavy atom. The molecule has 2 aromatic rings. The minimum atomic E-state index is -0.0779. The van der Waals surface area contributed by atoms with Crippen molar-refractivity contribution in [3.05, 3.63) is 30.2 Å². The third kappa shape index (κ3) is 3.20. The van der Waals surface area contributed by atoms with E-state index in [1.165, 1.54) is 0 Å². The van der Waals surface area contributed by atoms with Crippen molar-refractivity contribution in [2.45, 2.75) is 50.7 Å². The van der Waals surface area contributed by atoms with Crippen LogP contribution in [0.4, 0.5) is 4.79 Å². The van der Waals surface area contributed by atoms with Gasteiger partial charge in [-0.3, -0.25) is 4.68 Å². The van der Waals surface area contributed by atoms with Gasteiger partial charge in [-0.2, -0.15) is 10.1 Å². The van der Waals surface area contributed by atoms with Gasteiger partial charge < -0.3 is 14.7 Å². The second-order valence-electron chi connectivity index (χ2n) is 6.20. The molecule has 2 aliphatic rings. The maximum atomic E-state index is 12.4. The van der Waals surface area contributed by atoms with Gasteiger partial charge in [-0.25, -0.2) is 4.79 Å². The molecule has 0 bridgehead atoms. The number of urea groups is 1. The third-order valence-electron chi connectivity index (χ3n) is 4.41. The van der Waals surface area contributed by atoms with E-state index in [9.17, 15) is 4.79 Å². The second-order valence-corrected chi connectivity index (χ2v) is 6.20. The molecule has 4 rings (SSSR count). The van der Waals surface area contributed by atoms with Crippen LogP contribution in [0.1, 0.15) is 43.3 Å². The summed E-state index contributed by atoms with van der Waals surface area (Å²) in [5.41, 5.74) is 0. The van der Waals surface area contributed by atoms with E-state index < -0.39 is 0 Å². The predicted molar refractivity (Wildman–Crippen MR) is 80.5 cm³/mol. The maximum absolute atomic E-state index is 12.4. The average Bonchev–Trinajstić information content (AvgIpc) is 2.99. The van der Waals surface area contributed by atoms with Crippen molar-refractivity contribution in [1.29, 1.82) is 0 Å². The SMILES string of the molecule is O=C(NCc1nc(C2CC2)no1)N1CCCC1Cn1cccn1. The van der Waals surface area contributed by atoms with Crippen LogP contribution in [0.2, 0.25) is 0 Å². The molecule has 2 amide bonds. The minimum absolute atomic E-state index is 0.0779. The Bertz CT molecular complexity index is 663. The van der Waals surface area contributed by atoms with E-state index in [0.29, 0.717) is 11.8 Å². The molecule has 1 atom stereocenters. The molecule has 23 heavy (non-hydrogen) atoms. The van der Waals surface area contributed by atoms with Crippen LogP contribution in [0.25, 0.3) is 0 Å². The first-order chi connectivity index (χ1) is 11.3. The summed E-state index contributed by atoms with van der Waals surface area (Å²) in [4.78, 5) is 18.6. The number of hydrogen-bond donors (Lipinski definition) is 1. The molecule has 0 spiro atoms. The molecular weight excluding hydrogens is 296 g/mol. The highest BCUT2D eigenvalue weighted by Gasteiger charge is 2.30. The predicted octanol–water partition coefficient (Wildman–Crippen LogP) is 1.52. The first-order valence-electron chi connectivity index (χ1n) is 8.14. The topological polar surface area (TPSA) is 89.1 Å². The zero-order valence-electron chi connectivity index (χ0n) is 12.9. The summed E-state index contributed by atoms with van der Waals surface area (Å²) < 4.78 is 7.05. The Labute approximate surface area is 133 Å². The Morgan fingerprint density at radius 1 is 1.39 bits per heavy atom. The van der Waals surface area contributed by atoms with Gasteiger partial charge in [0, 0.05) is 24.9 Å². The molecule has 2 fully saturated rings. The number of likely N-dealkylation sites (tertiary alicyclic amines) is 1. The summed E-state index contributed by atoms with van der Waals surface area (Å²) in [6, 6.07) is 2.00. The van der Waals surface area contributed by atoms with Gasteiger partial charge >= 0.3 is 6.03 Å². The zero-order valence-corrected chi connectivity index (χ0v) is 12.9. The second kappa shape index (κ2) is 6.02. The highest BCUT2D eigenvalue weighted by atomic mass is 16.5. The molecule has 1 saturated carbocycles. The first-order valence-corrected chi connectivity index (χ1v) is 8.14. The number of rotatable bonds is 5. The fraction of sp³-hybridized carbons (Fsp3) is 0.600. The van der Waals surface area contributed by atoms with E-state index in [2.05, 4.69) is 20.6 Å². The molecule has 1 saturated heterocycles. The minimum Gasteiger partial charge on any atom is -0.337 e.